The molecule has 128 valence electrons. The van der Waals surface area contributed by atoms with E-state index in [4.69, 9.17) is 10.3 Å². The van der Waals surface area contributed by atoms with Gasteiger partial charge in [0.1, 0.15) is 0 Å². The number of hydrogen-bond acceptors (Lipinski definition) is 6. The summed E-state index contributed by atoms with van der Waals surface area (Å²) < 4.78 is 5.03. The number of carbonyl (C=O) groups excluding carboxylic acids is 1. The standard InChI is InChI=1S/C17H23N5O2/c1-12-20-16(21-24-12)11-22-8-2-3-15(10-22)19-9-13-4-6-14(7-5-13)17(18)23/h4-7,15,19H,2-3,8-11H2,1H3,(H2,18,23)/t15-/m0/s1. The van der Waals surface area contributed by atoms with E-state index in [1.165, 1.54) is 0 Å². The molecule has 1 atom stereocenters. The Bertz CT molecular complexity index is 683. The van der Waals surface area contributed by atoms with Crippen molar-refractivity contribution in [3.8, 4) is 0 Å². The molecule has 1 aromatic heterocycles. The summed E-state index contributed by atoms with van der Waals surface area (Å²) in [6.07, 6.45) is 2.30. The van der Waals surface area contributed by atoms with Gasteiger partial charge in [-0.3, -0.25) is 9.69 Å². The van der Waals surface area contributed by atoms with Crippen molar-refractivity contribution in [2.24, 2.45) is 5.73 Å². The highest BCUT2D eigenvalue weighted by Crippen LogP contribution is 2.13. The Balaban J connectivity index is 1.49. The van der Waals surface area contributed by atoms with E-state index in [0.717, 1.165) is 50.4 Å². The first-order valence-corrected chi connectivity index (χ1v) is 8.24. The molecule has 3 rings (SSSR count). The summed E-state index contributed by atoms with van der Waals surface area (Å²) in [4.78, 5) is 17.7. The maximum absolute atomic E-state index is 11.1. The summed E-state index contributed by atoms with van der Waals surface area (Å²) in [6.45, 7) is 5.33. The molecule has 0 saturated carbocycles. The van der Waals surface area contributed by atoms with Crippen LogP contribution in [0.25, 0.3) is 0 Å². The normalized spacial score (nSPS) is 18.6. The number of nitrogens with zero attached hydrogens (tertiary/aromatic N) is 3. The third kappa shape index (κ3) is 4.39. The zero-order valence-electron chi connectivity index (χ0n) is 13.9. The summed E-state index contributed by atoms with van der Waals surface area (Å²) in [5.41, 5.74) is 6.94. The van der Waals surface area contributed by atoms with E-state index in [1.54, 1.807) is 19.1 Å². The largest absolute Gasteiger partial charge is 0.366 e. The van der Waals surface area contributed by atoms with E-state index in [2.05, 4.69) is 20.4 Å². The molecule has 0 aliphatic carbocycles. The van der Waals surface area contributed by atoms with Gasteiger partial charge in [-0.1, -0.05) is 17.3 Å². The SMILES string of the molecule is Cc1nc(CN2CCC[C@H](NCc3ccc(C(N)=O)cc3)C2)no1. The number of hydrogen-bond donors (Lipinski definition) is 2. The summed E-state index contributed by atoms with van der Waals surface area (Å²) >= 11 is 0. The summed E-state index contributed by atoms with van der Waals surface area (Å²) in [6, 6.07) is 7.85. The predicted molar refractivity (Wildman–Crippen MR) is 89.1 cm³/mol. The Hall–Kier alpha value is -2.25. The lowest BCUT2D eigenvalue weighted by Crippen LogP contribution is -2.45. The topological polar surface area (TPSA) is 97.3 Å². The van der Waals surface area contributed by atoms with E-state index in [0.29, 0.717) is 17.5 Å². The van der Waals surface area contributed by atoms with Crippen molar-refractivity contribution in [1.82, 2.24) is 20.4 Å². The first-order valence-electron chi connectivity index (χ1n) is 8.24. The number of aromatic nitrogens is 2. The number of carbonyl (C=O) groups is 1. The van der Waals surface area contributed by atoms with Gasteiger partial charge in [0.15, 0.2) is 5.82 Å². The third-order valence-electron chi connectivity index (χ3n) is 4.27. The number of piperidine rings is 1. The van der Waals surface area contributed by atoms with Crippen molar-refractivity contribution in [1.29, 1.82) is 0 Å². The van der Waals surface area contributed by atoms with Crippen molar-refractivity contribution < 1.29 is 9.32 Å². The predicted octanol–water partition coefficient (Wildman–Crippen LogP) is 1.23. The van der Waals surface area contributed by atoms with Crippen LogP contribution in [0.5, 0.6) is 0 Å². The smallest absolute Gasteiger partial charge is 0.248 e. The van der Waals surface area contributed by atoms with Crippen molar-refractivity contribution in [2.75, 3.05) is 13.1 Å². The number of nitrogens with one attached hydrogen (secondary N) is 1. The van der Waals surface area contributed by atoms with E-state index >= 15 is 0 Å². The molecule has 1 amide bonds. The van der Waals surface area contributed by atoms with Crippen LogP contribution in [-0.2, 0) is 13.1 Å². The van der Waals surface area contributed by atoms with Crippen LogP contribution >= 0.6 is 0 Å². The summed E-state index contributed by atoms with van der Waals surface area (Å²) in [5.74, 6) is 0.959. The first kappa shape index (κ1) is 16.6. The monoisotopic (exact) mass is 329 g/mol. The highest BCUT2D eigenvalue weighted by atomic mass is 16.5. The molecule has 1 fully saturated rings. The molecule has 1 aliphatic heterocycles. The fourth-order valence-electron chi connectivity index (χ4n) is 3.02. The molecule has 1 aromatic carbocycles. The number of amides is 1. The molecule has 0 bridgehead atoms. The second-order valence-electron chi connectivity index (χ2n) is 6.25. The molecule has 24 heavy (non-hydrogen) atoms. The van der Waals surface area contributed by atoms with Gasteiger partial charge in [-0.15, -0.1) is 0 Å². The van der Waals surface area contributed by atoms with Gasteiger partial charge in [0.2, 0.25) is 11.8 Å². The lowest BCUT2D eigenvalue weighted by molar-refractivity contribution is 0.100. The van der Waals surface area contributed by atoms with Gasteiger partial charge in [0.25, 0.3) is 0 Å². The maximum Gasteiger partial charge on any atom is 0.248 e. The fraction of sp³-hybridized carbons (Fsp3) is 0.471. The van der Waals surface area contributed by atoms with E-state index in [9.17, 15) is 4.79 Å². The minimum absolute atomic E-state index is 0.394. The first-order chi connectivity index (χ1) is 11.6. The van der Waals surface area contributed by atoms with Crippen LogP contribution < -0.4 is 11.1 Å². The molecule has 7 heteroatoms. The Morgan fingerprint density at radius 1 is 1.42 bits per heavy atom. The molecular formula is C17H23N5O2. The van der Waals surface area contributed by atoms with Crippen molar-refractivity contribution in [3.63, 3.8) is 0 Å². The number of nitrogens with two attached hydrogens (primary N) is 1. The Labute approximate surface area is 141 Å². The zero-order chi connectivity index (χ0) is 16.9. The molecule has 2 aromatic rings. The number of primary amides is 1. The lowest BCUT2D eigenvalue weighted by Gasteiger charge is -2.32. The van der Waals surface area contributed by atoms with Crippen LogP contribution in [0.15, 0.2) is 28.8 Å². The highest BCUT2D eigenvalue weighted by molar-refractivity contribution is 5.92. The summed E-state index contributed by atoms with van der Waals surface area (Å²) in [5, 5.41) is 7.55. The molecule has 2 heterocycles. The molecule has 1 aliphatic rings. The Morgan fingerprint density at radius 3 is 2.88 bits per heavy atom. The van der Waals surface area contributed by atoms with E-state index in [-0.39, 0.29) is 0 Å². The Morgan fingerprint density at radius 2 is 2.21 bits per heavy atom. The van der Waals surface area contributed by atoms with E-state index in [1.807, 2.05) is 12.1 Å². The Kier molecular flexibility index (Phi) is 5.22. The molecule has 0 radical (unpaired) electrons. The van der Waals surface area contributed by atoms with Gasteiger partial charge in [-0.05, 0) is 37.1 Å². The van der Waals surface area contributed by atoms with Crippen LogP contribution in [0.3, 0.4) is 0 Å². The third-order valence-corrected chi connectivity index (χ3v) is 4.27. The molecule has 0 unspecified atom stereocenters. The highest BCUT2D eigenvalue weighted by Gasteiger charge is 2.20. The van der Waals surface area contributed by atoms with Crippen molar-refractivity contribution in [2.45, 2.75) is 38.9 Å². The van der Waals surface area contributed by atoms with Gasteiger partial charge < -0.3 is 15.6 Å². The minimum atomic E-state index is -0.394. The number of benzene rings is 1. The zero-order valence-corrected chi connectivity index (χ0v) is 13.9. The fourth-order valence-corrected chi connectivity index (χ4v) is 3.02. The quantitative estimate of drug-likeness (QED) is 0.827. The van der Waals surface area contributed by atoms with Crippen molar-refractivity contribution >= 4 is 5.91 Å². The molecule has 3 N–H and O–H groups in total. The van der Waals surface area contributed by atoms with Crippen LogP contribution in [-0.4, -0.2) is 40.1 Å². The minimum Gasteiger partial charge on any atom is -0.366 e. The van der Waals surface area contributed by atoms with Gasteiger partial charge in [-0.25, -0.2) is 0 Å². The van der Waals surface area contributed by atoms with Crippen LogP contribution in [0, 0.1) is 6.92 Å². The molecule has 1 saturated heterocycles. The van der Waals surface area contributed by atoms with Gasteiger partial charge in [-0.2, -0.15) is 4.98 Å². The number of rotatable bonds is 6. The average molecular weight is 329 g/mol. The van der Waals surface area contributed by atoms with E-state index < -0.39 is 5.91 Å². The van der Waals surface area contributed by atoms with Gasteiger partial charge in [0.05, 0.1) is 6.54 Å². The second kappa shape index (κ2) is 7.55. The van der Waals surface area contributed by atoms with Crippen molar-refractivity contribution in [3.05, 3.63) is 47.1 Å². The molecular weight excluding hydrogens is 306 g/mol. The number of likely N-dealkylation sites (tertiary alicyclic amines) is 1. The van der Waals surface area contributed by atoms with Crippen LogP contribution in [0.2, 0.25) is 0 Å². The van der Waals surface area contributed by atoms with Crippen LogP contribution in [0.1, 0.15) is 40.5 Å². The number of aryl methyl sites for hydroxylation is 1. The summed E-state index contributed by atoms with van der Waals surface area (Å²) in [7, 11) is 0. The van der Waals surface area contributed by atoms with Gasteiger partial charge in [0, 0.05) is 31.6 Å². The lowest BCUT2D eigenvalue weighted by atomic mass is 10.0. The molecule has 7 nitrogen and oxygen atoms in total. The maximum atomic E-state index is 11.1. The van der Waals surface area contributed by atoms with Gasteiger partial charge >= 0.3 is 0 Å². The van der Waals surface area contributed by atoms with Crippen LogP contribution in [0.4, 0.5) is 0 Å². The molecule has 0 spiro atoms. The average Bonchev–Trinajstić information content (AvgIpc) is 2.98. The second-order valence-corrected chi connectivity index (χ2v) is 6.25.